The summed E-state index contributed by atoms with van der Waals surface area (Å²) in [6.45, 7) is 6.14. The number of morpholine rings is 1. The van der Waals surface area contributed by atoms with Crippen molar-refractivity contribution in [3.05, 3.63) is 35.4 Å². The molecule has 0 aromatic heterocycles. The van der Waals surface area contributed by atoms with Gasteiger partial charge in [-0.15, -0.1) is 12.4 Å². The Morgan fingerprint density at radius 3 is 2.70 bits per heavy atom. The van der Waals surface area contributed by atoms with Gasteiger partial charge in [-0.05, 0) is 18.9 Å². The summed E-state index contributed by atoms with van der Waals surface area (Å²) in [4.78, 5) is 12.1. The molecule has 2 N–H and O–H groups in total. The minimum absolute atomic E-state index is 0. The van der Waals surface area contributed by atoms with Crippen LogP contribution in [-0.2, 0) is 9.53 Å². The lowest BCUT2D eigenvalue weighted by molar-refractivity contribution is -0.135. The van der Waals surface area contributed by atoms with E-state index in [-0.39, 0.29) is 30.5 Å². The van der Waals surface area contributed by atoms with Crippen molar-refractivity contribution in [3.8, 4) is 0 Å². The second kappa shape index (κ2) is 8.25. The maximum atomic E-state index is 12.1. The lowest BCUT2D eigenvalue weighted by Crippen LogP contribution is -2.48. The number of nitrogens with one attached hydrogen (secondary N) is 2. The van der Waals surface area contributed by atoms with Gasteiger partial charge in [0.15, 0.2) is 0 Å². The largest absolute Gasteiger partial charge is 0.366 e. The molecule has 2 rings (SSSR count). The second-order valence-corrected chi connectivity index (χ2v) is 4.94. The summed E-state index contributed by atoms with van der Waals surface area (Å²) in [6, 6.07) is 8.35. The molecule has 1 aliphatic heterocycles. The lowest BCUT2D eigenvalue weighted by atomic mass is 10.0. The summed E-state index contributed by atoms with van der Waals surface area (Å²) in [6.07, 6.45) is 0.503. The molecule has 1 fully saturated rings. The van der Waals surface area contributed by atoms with E-state index in [0.717, 1.165) is 18.5 Å². The molecule has 0 saturated carbocycles. The normalized spacial score (nSPS) is 19.8. The SMILES string of the molecule is CCC(NC(=O)C1CNCCO1)c1ccc(C)cc1.Cl. The smallest absolute Gasteiger partial charge is 0.250 e. The van der Waals surface area contributed by atoms with Crippen molar-refractivity contribution >= 4 is 18.3 Å². The van der Waals surface area contributed by atoms with Crippen LogP contribution in [0.5, 0.6) is 0 Å². The van der Waals surface area contributed by atoms with Gasteiger partial charge in [0.25, 0.3) is 5.91 Å². The zero-order valence-electron chi connectivity index (χ0n) is 12.0. The van der Waals surface area contributed by atoms with Crippen LogP contribution in [-0.4, -0.2) is 31.7 Å². The quantitative estimate of drug-likeness (QED) is 0.893. The standard InChI is InChI=1S/C15H22N2O2.ClH/c1-3-13(12-6-4-11(2)5-7-12)17-15(18)14-10-16-8-9-19-14;/h4-7,13-14,16H,3,8-10H2,1-2H3,(H,17,18);1H. The van der Waals surface area contributed by atoms with Crippen LogP contribution in [0.3, 0.4) is 0 Å². The van der Waals surface area contributed by atoms with E-state index in [1.165, 1.54) is 5.56 Å². The molecular weight excluding hydrogens is 276 g/mol. The number of hydrogen-bond acceptors (Lipinski definition) is 3. The van der Waals surface area contributed by atoms with Crippen LogP contribution in [0.15, 0.2) is 24.3 Å². The van der Waals surface area contributed by atoms with Crippen molar-refractivity contribution in [2.24, 2.45) is 0 Å². The molecule has 2 unspecified atom stereocenters. The van der Waals surface area contributed by atoms with Gasteiger partial charge in [0, 0.05) is 13.1 Å². The van der Waals surface area contributed by atoms with E-state index < -0.39 is 0 Å². The highest BCUT2D eigenvalue weighted by atomic mass is 35.5. The summed E-state index contributed by atoms with van der Waals surface area (Å²) in [5.41, 5.74) is 2.37. The van der Waals surface area contributed by atoms with Gasteiger partial charge in [-0.25, -0.2) is 0 Å². The number of amides is 1. The monoisotopic (exact) mass is 298 g/mol. The average molecular weight is 299 g/mol. The topological polar surface area (TPSA) is 50.4 Å². The molecule has 1 amide bonds. The Balaban J connectivity index is 0.00000200. The number of benzene rings is 1. The van der Waals surface area contributed by atoms with Crippen LogP contribution in [0.25, 0.3) is 0 Å². The molecule has 5 heteroatoms. The van der Waals surface area contributed by atoms with Gasteiger partial charge in [0.1, 0.15) is 6.10 Å². The van der Waals surface area contributed by atoms with E-state index in [4.69, 9.17) is 4.74 Å². The Morgan fingerprint density at radius 2 is 2.15 bits per heavy atom. The van der Waals surface area contributed by atoms with Crippen molar-refractivity contribution < 1.29 is 9.53 Å². The van der Waals surface area contributed by atoms with Crippen molar-refractivity contribution in [1.82, 2.24) is 10.6 Å². The van der Waals surface area contributed by atoms with E-state index in [1.54, 1.807) is 0 Å². The number of halogens is 1. The zero-order valence-corrected chi connectivity index (χ0v) is 12.8. The predicted molar refractivity (Wildman–Crippen MR) is 82.2 cm³/mol. The number of aryl methyl sites for hydroxylation is 1. The predicted octanol–water partition coefficient (Wildman–Crippen LogP) is 1.97. The van der Waals surface area contributed by atoms with Crippen molar-refractivity contribution in [2.45, 2.75) is 32.4 Å². The fourth-order valence-corrected chi connectivity index (χ4v) is 2.22. The highest BCUT2D eigenvalue weighted by Gasteiger charge is 2.23. The van der Waals surface area contributed by atoms with E-state index in [1.807, 2.05) is 0 Å². The molecule has 1 aliphatic rings. The van der Waals surface area contributed by atoms with Gasteiger partial charge in [0.05, 0.1) is 12.6 Å². The molecule has 0 aliphatic carbocycles. The molecule has 1 saturated heterocycles. The third-order valence-corrected chi connectivity index (χ3v) is 3.42. The van der Waals surface area contributed by atoms with Crippen LogP contribution in [0.2, 0.25) is 0 Å². The van der Waals surface area contributed by atoms with E-state index in [2.05, 4.69) is 48.7 Å². The first kappa shape index (κ1) is 17.0. The van der Waals surface area contributed by atoms with E-state index in [9.17, 15) is 4.79 Å². The van der Waals surface area contributed by atoms with E-state index >= 15 is 0 Å². The Labute approximate surface area is 126 Å². The molecule has 112 valence electrons. The van der Waals surface area contributed by atoms with Crippen LogP contribution in [0.4, 0.5) is 0 Å². The van der Waals surface area contributed by atoms with Gasteiger partial charge < -0.3 is 15.4 Å². The molecule has 1 aromatic carbocycles. The maximum absolute atomic E-state index is 12.1. The maximum Gasteiger partial charge on any atom is 0.250 e. The van der Waals surface area contributed by atoms with Crippen LogP contribution in [0, 0.1) is 6.92 Å². The first-order valence-electron chi connectivity index (χ1n) is 6.90. The molecule has 0 radical (unpaired) electrons. The Hall–Kier alpha value is -1.10. The minimum atomic E-state index is -0.367. The molecule has 0 spiro atoms. The summed E-state index contributed by atoms with van der Waals surface area (Å²) in [5, 5.41) is 6.24. The molecule has 1 aromatic rings. The summed E-state index contributed by atoms with van der Waals surface area (Å²) >= 11 is 0. The Bertz CT molecular complexity index is 416. The molecule has 2 atom stereocenters. The number of carbonyl (C=O) groups is 1. The Kier molecular flexibility index (Phi) is 6.99. The first-order valence-corrected chi connectivity index (χ1v) is 6.90. The molecule has 20 heavy (non-hydrogen) atoms. The Morgan fingerprint density at radius 1 is 1.45 bits per heavy atom. The first-order chi connectivity index (χ1) is 9.20. The second-order valence-electron chi connectivity index (χ2n) is 4.94. The van der Waals surface area contributed by atoms with Gasteiger partial charge >= 0.3 is 0 Å². The fourth-order valence-electron chi connectivity index (χ4n) is 2.22. The van der Waals surface area contributed by atoms with Crippen molar-refractivity contribution in [3.63, 3.8) is 0 Å². The lowest BCUT2D eigenvalue weighted by Gasteiger charge is -2.25. The number of rotatable bonds is 4. The minimum Gasteiger partial charge on any atom is -0.366 e. The van der Waals surface area contributed by atoms with Crippen molar-refractivity contribution in [1.29, 1.82) is 0 Å². The number of ether oxygens (including phenoxy) is 1. The number of hydrogen-bond donors (Lipinski definition) is 2. The fraction of sp³-hybridized carbons (Fsp3) is 0.533. The highest BCUT2D eigenvalue weighted by molar-refractivity contribution is 5.85. The zero-order chi connectivity index (χ0) is 13.7. The van der Waals surface area contributed by atoms with Gasteiger partial charge in [-0.1, -0.05) is 36.8 Å². The molecule has 0 bridgehead atoms. The third kappa shape index (κ3) is 4.47. The van der Waals surface area contributed by atoms with Gasteiger partial charge in [-0.2, -0.15) is 0 Å². The summed E-state index contributed by atoms with van der Waals surface area (Å²) < 4.78 is 5.47. The van der Waals surface area contributed by atoms with Crippen LogP contribution >= 0.6 is 12.4 Å². The van der Waals surface area contributed by atoms with Gasteiger partial charge in [-0.3, -0.25) is 4.79 Å². The van der Waals surface area contributed by atoms with E-state index in [0.29, 0.717) is 13.2 Å². The van der Waals surface area contributed by atoms with Gasteiger partial charge in [0.2, 0.25) is 0 Å². The summed E-state index contributed by atoms with van der Waals surface area (Å²) in [5.74, 6) is -0.0281. The van der Waals surface area contributed by atoms with Crippen LogP contribution < -0.4 is 10.6 Å². The highest BCUT2D eigenvalue weighted by Crippen LogP contribution is 2.17. The molecule has 4 nitrogen and oxygen atoms in total. The summed E-state index contributed by atoms with van der Waals surface area (Å²) in [7, 11) is 0. The molecular formula is C15H23ClN2O2. The van der Waals surface area contributed by atoms with Crippen LogP contribution in [0.1, 0.15) is 30.5 Å². The molecule has 1 heterocycles. The van der Waals surface area contributed by atoms with Crippen molar-refractivity contribution in [2.75, 3.05) is 19.7 Å². The number of carbonyl (C=O) groups excluding carboxylic acids is 1. The third-order valence-electron chi connectivity index (χ3n) is 3.42. The average Bonchev–Trinajstić information content (AvgIpc) is 2.46.